The number of hydrogen-bond donors (Lipinski definition) is 2. The van der Waals surface area contributed by atoms with Gasteiger partial charge in [0, 0.05) is 12.2 Å². The Morgan fingerprint density at radius 2 is 2.40 bits per heavy atom. The van der Waals surface area contributed by atoms with Crippen LogP contribution in [-0.4, -0.2) is 35.0 Å². The van der Waals surface area contributed by atoms with Gasteiger partial charge in [-0.3, -0.25) is 4.79 Å². The van der Waals surface area contributed by atoms with Crippen LogP contribution in [0.25, 0.3) is 0 Å². The predicted octanol–water partition coefficient (Wildman–Crippen LogP) is 1.65. The molecule has 3 N–H and O–H groups in total. The summed E-state index contributed by atoms with van der Waals surface area (Å²) in [6.07, 6.45) is 2.54. The van der Waals surface area contributed by atoms with E-state index in [0.717, 1.165) is 17.9 Å². The van der Waals surface area contributed by atoms with Crippen LogP contribution in [0, 0.1) is 11.8 Å². The summed E-state index contributed by atoms with van der Waals surface area (Å²) in [7, 11) is 0. The molecule has 0 bridgehead atoms. The van der Waals surface area contributed by atoms with Crippen LogP contribution >= 0.6 is 11.8 Å². The molecule has 1 atom stereocenters. The third-order valence-electron chi connectivity index (χ3n) is 2.62. The van der Waals surface area contributed by atoms with E-state index >= 15 is 0 Å². The largest absolute Gasteiger partial charge is 0.348 e. The molecule has 1 aromatic heterocycles. The molecule has 0 aliphatic carbocycles. The molecule has 1 rings (SSSR count). The molecular formula is C15H21N3OS. The first-order valence-electron chi connectivity index (χ1n) is 6.71. The van der Waals surface area contributed by atoms with Crippen LogP contribution in [0.15, 0.2) is 18.3 Å². The summed E-state index contributed by atoms with van der Waals surface area (Å²) in [5.74, 6) is 7.59. The van der Waals surface area contributed by atoms with Gasteiger partial charge in [0.25, 0.3) is 5.91 Å². The van der Waals surface area contributed by atoms with E-state index in [1.807, 2.05) is 18.7 Å². The molecular weight excluding hydrogens is 270 g/mol. The van der Waals surface area contributed by atoms with Gasteiger partial charge < -0.3 is 11.1 Å². The van der Waals surface area contributed by atoms with E-state index in [2.05, 4.69) is 29.1 Å². The van der Waals surface area contributed by atoms with E-state index in [4.69, 9.17) is 5.73 Å². The Hall–Kier alpha value is -1.51. The molecule has 0 radical (unpaired) electrons. The molecule has 0 saturated heterocycles. The molecule has 1 aromatic rings. The van der Waals surface area contributed by atoms with Crippen molar-refractivity contribution in [2.45, 2.75) is 26.3 Å². The lowest BCUT2D eigenvalue weighted by molar-refractivity contribution is 0.0934. The van der Waals surface area contributed by atoms with E-state index in [0.29, 0.717) is 11.3 Å². The average Bonchev–Trinajstić information content (AvgIpc) is 2.45. The van der Waals surface area contributed by atoms with Crippen molar-refractivity contribution in [2.75, 3.05) is 18.1 Å². The zero-order chi connectivity index (χ0) is 14.8. The third-order valence-corrected chi connectivity index (χ3v) is 3.56. The van der Waals surface area contributed by atoms with E-state index in [-0.39, 0.29) is 18.5 Å². The van der Waals surface area contributed by atoms with Crippen molar-refractivity contribution >= 4 is 17.7 Å². The zero-order valence-corrected chi connectivity index (χ0v) is 12.8. The highest BCUT2D eigenvalue weighted by Crippen LogP contribution is 2.07. The highest BCUT2D eigenvalue weighted by atomic mass is 32.2. The minimum atomic E-state index is -0.180. The van der Waals surface area contributed by atoms with Crippen LogP contribution in [0.4, 0.5) is 0 Å². The lowest BCUT2D eigenvalue weighted by Crippen LogP contribution is -2.34. The van der Waals surface area contributed by atoms with E-state index < -0.39 is 0 Å². The quantitative estimate of drug-likeness (QED) is 0.618. The van der Waals surface area contributed by atoms with Crippen molar-refractivity contribution in [1.29, 1.82) is 0 Å². The minimum absolute atomic E-state index is 0.124. The number of carbonyl (C=O) groups excluding carboxylic acids is 1. The van der Waals surface area contributed by atoms with Crippen molar-refractivity contribution in [3.8, 4) is 11.8 Å². The second kappa shape index (κ2) is 9.40. The Morgan fingerprint density at radius 1 is 1.60 bits per heavy atom. The fourth-order valence-corrected chi connectivity index (χ4v) is 2.41. The second-order valence-electron chi connectivity index (χ2n) is 4.27. The highest BCUT2D eigenvalue weighted by Gasteiger charge is 2.13. The molecule has 0 aliphatic rings. The van der Waals surface area contributed by atoms with Crippen LogP contribution < -0.4 is 11.1 Å². The van der Waals surface area contributed by atoms with Gasteiger partial charge in [-0.05, 0) is 37.0 Å². The lowest BCUT2D eigenvalue weighted by Gasteiger charge is -2.13. The van der Waals surface area contributed by atoms with Gasteiger partial charge in [0.2, 0.25) is 0 Å². The summed E-state index contributed by atoms with van der Waals surface area (Å²) in [4.78, 5) is 16.3. The predicted molar refractivity (Wildman–Crippen MR) is 84.7 cm³/mol. The molecule has 108 valence electrons. The highest BCUT2D eigenvalue weighted by molar-refractivity contribution is 7.99. The zero-order valence-electron chi connectivity index (χ0n) is 12.0. The molecule has 0 aromatic carbocycles. The van der Waals surface area contributed by atoms with Crippen molar-refractivity contribution in [1.82, 2.24) is 10.3 Å². The topological polar surface area (TPSA) is 68.0 Å². The number of nitrogens with zero attached hydrogens (tertiary/aromatic N) is 1. The molecule has 0 spiro atoms. The summed E-state index contributed by atoms with van der Waals surface area (Å²) in [5.41, 5.74) is 6.33. The van der Waals surface area contributed by atoms with Gasteiger partial charge in [-0.2, -0.15) is 11.8 Å². The van der Waals surface area contributed by atoms with Gasteiger partial charge in [0.05, 0.1) is 12.1 Å². The number of hydrogen-bond acceptors (Lipinski definition) is 4. The van der Waals surface area contributed by atoms with Gasteiger partial charge in [0.1, 0.15) is 5.69 Å². The minimum Gasteiger partial charge on any atom is -0.348 e. The van der Waals surface area contributed by atoms with Crippen molar-refractivity contribution in [2.24, 2.45) is 5.73 Å². The SMILES string of the molecule is CCSCCC(C)NC(=O)c1ncccc1C#CCN. The normalized spacial score (nSPS) is 11.3. The molecule has 0 saturated carbocycles. The molecule has 1 heterocycles. The molecule has 20 heavy (non-hydrogen) atoms. The fourth-order valence-electron chi connectivity index (χ4n) is 1.60. The van der Waals surface area contributed by atoms with E-state index in [1.165, 1.54) is 0 Å². The van der Waals surface area contributed by atoms with E-state index in [9.17, 15) is 4.79 Å². The Labute approximate surface area is 124 Å². The summed E-state index contributed by atoms with van der Waals surface area (Å²) in [5, 5.41) is 2.96. The number of pyridine rings is 1. The van der Waals surface area contributed by atoms with Crippen molar-refractivity contribution in [3.05, 3.63) is 29.6 Å². The Bertz CT molecular complexity index is 493. The molecule has 0 fully saturated rings. The maximum atomic E-state index is 12.2. The first kappa shape index (κ1) is 16.5. The van der Waals surface area contributed by atoms with Gasteiger partial charge >= 0.3 is 0 Å². The van der Waals surface area contributed by atoms with E-state index in [1.54, 1.807) is 18.3 Å². The van der Waals surface area contributed by atoms with Gasteiger partial charge in [0.15, 0.2) is 0 Å². The summed E-state index contributed by atoms with van der Waals surface area (Å²) in [6.45, 7) is 4.40. The smallest absolute Gasteiger partial charge is 0.271 e. The van der Waals surface area contributed by atoms with Gasteiger partial charge in [-0.15, -0.1) is 0 Å². The number of nitrogens with one attached hydrogen (secondary N) is 1. The monoisotopic (exact) mass is 291 g/mol. The lowest BCUT2D eigenvalue weighted by atomic mass is 10.1. The first-order chi connectivity index (χ1) is 9.69. The Kier molecular flexibility index (Phi) is 7.78. The Balaban J connectivity index is 2.67. The van der Waals surface area contributed by atoms with Crippen LogP contribution in [0.2, 0.25) is 0 Å². The summed E-state index contributed by atoms with van der Waals surface area (Å²) in [6, 6.07) is 3.67. The number of thioether (sulfide) groups is 1. The number of aromatic nitrogens is 1. The standard InChI is InChI=1S/C15H21N3OS/c1-3-20-11-8-12(2)18-15(19)14-13(6-4-9-16)7-5-10-17-14/h5,7,10,12H,3,8-9,11,16H2,1-2H3,(H,18,19). The average molecular weight is 291 g/mol. The molecule has 0 aliphatic heterocycles. The fraction of sp³-hybridized carbons (Fsp3) is 0.467. The summed E-state index contributed by atoms with van der Waals surface area (Å²) >= 11 is 1.87. The van der Waals surface area contributed by atoms with Crippen molar-refractivity contribution in [3.63, 3.8) is 0 Å². The molecule has 1 amide bonds. The van der Waals surface area contributed by atoms with Crippen LogP contribution in [0.5, 0.6) is 0 Å². The molecule has 5 heteroatoms. The maximum Gasteiger partial charge on any atom is 0.271 e. The van der Waals surface area contributed by atoms with Crippen LogP contribution in [-0.2, 0) is 0 Å². The Morgan fingerprint density at radius 3 is 3.10 bits per heavy atom. The summed E-state index contributed by atoms with van der Waals surface area (Å²) < 4.78 is 0. The number of amides is 1. The molecule has 1 unspecified atom stereocenters. The molecule has 4 nitrogen and oxygen atoms in total. The third kappa shape index (κ3) is 5.64. The first-order valence-corrected chi connectivity index (χ1v) is 7.87. The van der Waals surface area contributed by atoms with Crippen LogP contribution in [0.1, 0.15) is 36.3 Å². The number of carbonyl (C=O) groups is 1. The number of nitrogens with two attached hydrogens (primary N) is 1. The maximum absolute atomic E-state index is 12.2. The van der Waals surface area contributed by atoms with Gasteiger partial charge in [-0.1, -0.05) is 18.8 Å². The van der Waals surface area contributed by atoms with Crippen molar-refractivity contribution < 1.29 is 4.79 Å². The second-order valence-corrected chi connectivity index (χ2v) is 5.66. The van der Waals surface area contributed by atoms with Crippen LogP contribution in [0.3, 0.4) is 0 Å². The van der Waals surface area contributed by atoms with Gasteiger partial charge in [-0.25, -0.2) is 4.98 Å². The number of rotatable bonds is 6.